The molecule has 3 rings (SSSR count). The average Bonchev–Trinajstić information content (AvgIpc) is 2.57. The summed E-state index contributed by atoms with van der Waals surface area (Å²) >= 11 is 0. The lowest BCUT2D eigenvalue weighted by Crippen LogP contribution is -1.97. The predicted molar refractivity (Wildman–Crippen MR) is 98.8 cm³/mol. The van der Waals surface area contributed by atoms with Gasteiger partial charge in [0.25, 0.3) is 0 Å². The van der Waals surface area contributed by atoms with E-state index in [9.17, 15) is 0 Å². The normalized spacial score (nSPS) is 11.4. The van der Waals surface area contributed by atoms with Crippen molar-refractivity contribution >= 4 is 21.5 Å². The third kappa shape index (κ3) is 2.52. The van der Waals surface area contributed by atoms with Crippen LogP contribution in [0.4, 0.5) is 0 Å². The molecule has 0 heteroatoms. The monoisotopic (exact) mass is 290 g/mol. The molecule has 0 saturated carbocycles. The van der Waals surface area contributed by atoms with E-state index < -0.39 is 0 Å². The molecule has 0 N–H and O–H groups in total. The first kappa shape index (κ1) is 15.1. The van der Waals surface area contributed by atoms with E-state index in [0.717, 1.165) is 19.3 Å². The van der Waals surface area contributed by atoms with Gasteiger partial charge < -0.3 is 0 Å². The van der Waals surface area contributed by atoms with Crippen LogP contribution in [-0.4, -0.2) is 0 Å². The first-order chi connectivity index (χ1) is 10.8. The molecule has 0 aliphatic heterocycles. The molecule has 0 atom stereocenters. The fraction of sp³-hybridized carbons (Fsp3) is 0.364. The van der Waals surface area contributed by atoms with Gasteiger partial charge in [-0.3, -0.25) is 0 Å². The summed E-state index contributed by atoms with van der Waals surface area (Å²) in [7, 11) is 0. The Bertz CT molecular complexity index is 796. The molecular weight excluding hydrogens is 264 g/mol. The van der Waals surface area contributed by atoms with E-state index in [1.165, 1.54) is 45.5 Å². The van der Waals surface area contributed by atoms with Crippen LogP contribution >= 0.6 is 0 Å². The average molecular weight is 290 g/mol. The molecule has 0 heterocycles. The molecule has 0 nitrogen and oxygen atoms in total. The summed E-state index contributed by atoms with van der Waals surface area (Å²) in [5.41, 5.74) is 4.53. The maximum Gasteiger partial charge on any atom is -0.0140 e. The standard InChI is InChI=1S/C22H26/c1-4-9-17-19-11-7-8-12-20(19)18(10-5-2)22-15-16(6-3)13-14-21(17)22/h7-8,11-15H,4-6,9-10H2,1-3H3. The van der Waals surface area contributed by atoms with Crippen LogP contribution < -0.4 is 0 Å². The fourth-order valence-corrected chi connectivity index (χ4v) is 3.66. The lowest BCUT2D eigenvalue weighted by molar-refractivity contribution is 0.926. The van der Waals surface area contributed by atoms with Crippen molar-refractivity contribution < 1.29 is 0 Å². The number of rotatable bonds is 5. The zero-order valence-corrected chi connectivity index (χ0v) is 14.1. The molecular formula is C22H26. The Labute approximate surface area is 134 Å². The summed E-state index contributed by atoms with van der Waals surface area (Å²) < 4.78 is 0. The highest BCUT2D eigenvalue weighted by atomic mass is 14.2. The maximum atomic E-state index is 2.44. The fourth-order valence-electron chi connectivity index (χ4n) is 3.66. The van der Waals surface area contributed by atoms with Crippen LogP contribution in [0.15, 0.2) is 42.5 Å². The van der Waals surface area contributed by atoms with Crippen LogP contribution in [0.3, 0.4) is 0 Å². The first-order valence-corrected chi connectivity index (χ1v) is 8.75. The van der Waals surface area contributed by atoms with Gasteiger partial charge in [-0.25, -0.2) is 0 Å². The quantitative estimate of drug-likeness (QED) is 0.473. The minimum atomic E-state index is 1.11. The van der Waals surface area contributed by atoms with Crippen LogP contribution in [0.1, 0.15) is 50.3 Å². The minimum Gasteiger partial charge on any atom is -0.0651 e. The summed E-state index contributed by atoms with van der Waals surface area (Å²) in [6.45, 7) is 6.81. The molecule has 0 radical (unpaired) electrons. The zero-order chi connectivity index (χ0) is 15.5. The van der Waals surface area contributed by atoms with Crippen molar-refractivity contribution in [3.8, 4) is 0 Å². The molecule has 3 aromatic rings. The van der Waals surface area contributed by atoms with Crippen molar-refractivity contribution in [2.24, 2.45) is 0 Å². The van der Waals surface area contributed by atoms with Gasteiger partial charge in [0.05, 0.1) is 0 Å². The Morgan fingerprint density at radius 2 is 1.18 bits per heavy atom. The van der Waals surface area contributed by atoms with Gasteiger partial charge >= 0.3 is 0 Å². The number of hydrogen-bond donors (Lipinski definition) is 0. The van der Waals surface area contributed by atoms with Gasteiger partial charge in [-0.15, -0.1) is 0 Å². The SMILES string of the molecule is CCCc1c2ccccc2c(CCC)c2cc(CC)ccc12. The first-order valence-electron chi connectivity index (χ1n) is 8.75. The topological polar surface area (TPSA) is 0 Å². The van der Waals surface area contributed by atoms with E-state index >= 15 is 0 Å². The van der Waals surface area contributed by atoms with Crippen LogP contribution in [0.2, 0.25) is 0 Å². The Morgan fingerprint density at radius 1 is 0.636 bits per heavy atom. The largest absolute Gasteiger partial charge is 0.0651 e. The summed E-state index contributed by atoms with van der Waals surface area (Å²) in [4.78, 5) is 0. The van der Waals surface area contributed by atoms with E-state index in [0.29, 0.717) is 0 Å². The van der Waals surface area contributed by atoms with Crippen molar-refractivity contribution in [3.05, 3.63) is 59.2 Å². The van der Waals surface area contributed by atoms with E-state index in [1.807, 2.05) is 0 Å². The van der Waals surface area contributed by atoms with Crippen LogP contribution in [-0.2, 0) is 19.3 Å². The van der Waals surface area contributed by atoms with Gasteiger partial charge in [0.2, 0.25) is 0 Å². The highest BCUT2D eigenvalue weighted by Gasteiger charge is 2.13. The summed E-state index contributed by atoms with van der Waals surface area (Å²) in [6.07, 6.45) is 5.83. The molecule has 0 saturated heterocycles. The minimum absolute atomic E-state index is 1.11. The van der Waals surface area contributed by atoms with E-state index in [2.05, 4.69) is 63.2 Å². The van der Waals surface area contributed by atoms with Gasteiger partial charge in [0.15, 0.2) is 0 Å². The number of hydrogen-bond acceptors (Lipinski definition) is 0. The molecule has 0 aliphatic rings. The van der Waals surface area contributed by atoms with Gasteiger partial charge in [-0.05, 0) is 57.5 Å². The summed E-state index contributed by atoms with van der Waals surface area (Å²) in [5.74, 6) is 0. The van der Waals surface area contributed by atoms with Crippen LogP contribution in [0.25, 0.3) is 21.5 Å². The predicted octanol–water partition coefficient (Wildman–Crippen LogP) is 6.46. The molecule has 0 bridgehead atoms. The molecule has 0 aliphatic carbocycles. The molecule has 22 heavy (non-hydrogen) atoms. The molecule has 0 fully saturated rings. The smallest absolute Gasteiger partial charge is 0.0140 e. The second-order valence-corrected chi connectivity index (χ2v) is 6.24. The van der Waals surface area contributed by atoms with E-state index in [1.54, 1.807) is 5.56 Å². The van der Waals surface area contributed by atoms with Crippen LogP contribution in [0.5, 0.6) is 0 Å². The lowest BCUT2D eigenvalue weighted by atomic mass is 9.87. The van der Waals surface area contributed by atoms with Gasteiger partial charge in [0, 0.05) is 0 Å². The third-order valence-corrected chi connectivity index (χ3v) is 4.72. The van der Waals surface area contributed by atoms with Crippen molar-refractivity contribution in [1.29, 1.82) is 0 Å². The van der Waals surface area contributed by atoms with Gasteiger partial charge in [-0.2, -0.15) is 0 Å². The number of benzene rings is 3. The number of fused-ring (bicyclic) bond motifs is 2. The van der Waals surface area contributed by atoms with Gasteiger partial charge in [0.1, 0.15) is 0 Å². The molecule has 114 valence electrons. The summed E-state index contributed by atoms with van der Waals surface area (Å²) in [5, 5.41) is 5.89. The zero-order valence-electron chi connectivity index (χ0n) is 14.1. The second kappa shape index (κ2) is 6.52. The Morgan fingerprint density at radius 3 is 1.73 bits per heavy atom. The number of aryl methyl sites for hydroxylation is 3. The Balaban J connectivity index is 2.46. The third-order valence-electron chi connectivity index (χ3n) is 4.72. The Hall–Kier alpha value is -1.82. The van der Waals surface area contributed by atoms with Crippen molar-refractivity contribution in [3.63, 3.8) is 0 Å². The second-order valence-electron chi connectivity index (χ2n) is 6.24. The van der Waals surface area contributed by atoms with Crippen molar-refractivity contribution in [2.45, 2.75) is 52.9 Å². The van der Waals surface area contributed by atoms with Gasteiger partial charge in [-0.1, -0.05) is 76.1 Å². The molecule has 3 aromatic carbocycles. The van der Waals surface area contributed by atoms with E-state index in [4.69, 9.17) is 0 Å². The summed E-state index contributed by atoms with van der Waals surface area (Å²) in [6, 6.07) is 16.1. The van der Waals surface area contributed by atoms with Crippen molar-refractivity contribution in [2.75, 3.05) is 0 Å². The molecule has 0 unspecified atom stereocenters. The molecule has 0 spiro atoms. The van der Waals surface area contributed by atoms with E-state index in [-0.39, 0.29) is 0 Å². The lowest BCUT2D eigenvalue weighted by Gasteiger charge is -2.17. The van der Waals surface area contributed by atoms with Crippen LogP contribution in [0, 0.1) is 0 Å². The highest BCUT2D eigenvalue weighted by Crippen LogP contribution is 2.35. The van der Waals surface area contributed by atoms with Crippen molar-refractivity contribution in [1.82, 2.24) is 0 Å². The molecule has 0 aromatic heterocycles. The Kier molecular flexibility index (Phi) is 4.47. The molecule has 0 amide bonds. The maximum absolute atomic E-state index is 2.44. The highest BCUT2D eigenvalue weighted by molar-refractivity contribution is 6.06.